The number of hydrogen-bond donors (Lipinski definition) is 0. The molecule has 0 spiro atoms. The Morgan fingerprint density at radius 1 is 1.24 bits per heavy atom. The summed E-state index contributed by atoms with van der Waals surface area (Å²) in [6.45, 7) is 5.71. The monoisotopic (exact) mass is 335 g/mol. The molecule has 0 bridgehead atoms. The molecule has 4 nitrogen and oxygen atoms in total. The third kappa shape index (κ3) is 5.50. The zero-order valence-corrected chi connectivity index (χ0v) is 14.3. The Labute approximate surface area is 148 Å². The molecule has 4 heteroatoms. The van der Waals surface area contributed by atoms with Crippen LogP contribution in [0.4, 0.5) is 0 Å². The fraction of sp³-hybridized carbons (Fsp3) is 0.238. The second-order valence-corrected chi connectivity index (χ2v) is 5.63. The molecule has 0 heterocycles. The Morgan fingerprint density at radius 2 is 1.96 bits per heavy atom. The molecule has 0 fully saturated rings. The fourth-order valence-corrected chi connectivity index (χ4v) is 2.41. The van der Waals surface area contributed by atoms with Gasteiger partial charge in [0.15, 0.2) is 0 Å². The highest BCUT2D eigenvalue weighted by Gasteiger charge is 2.10. The van der Waals surface area contributed by atoms with Gasteiger partial charge in [-0.1, -0.05) is 36.9 Å². The number of benzene rings is 2. The summed E-state index contributed by atoms with van der Waals surface area (Å²) in [6.07, 6.45) is 2.64. The summed E-state index contributed by atoms with van der Waals surface area (Å²) >= 11 is 0. The molecule has 0 saturated heterocycles. The Bertz CT molecular complexity index is 759. The first-order valence-electron chi connectivity index (χ1n) is 8.19. The molecule has 0 saturated carbocycles. The van der Waals surface area contributed by atoms with Gasteiger partial charge in [0, 0.05) is 11.6 Å². The number of carbonyl (C=O) groups excluding carboxylic acids is 1. The molecule has 0 amide bonds. The van der Waals surface area contributed by atoms with Crippen molar-refractivity contribution >= 4 is 5.97 Å². The van der Waals surface area contributed by atoms with E-state index in [1.807, 2.05) is 43.3 Å². The zero-order valence-electron chi connectivity index (χ0n) is 14.3. The number of nitriles is 1. The number of hydrogen-bond acceptors (Lipinski definition) is 4. The first-order chi connectivity index (χ1) is 12.1. The average Bonchev–Trinajstić information content (AvgIpc) is 2.65. The minimum absolute atomic E-state index is 0.0121. The van der Waals surface area contributed by atoms with Crippen molar-refractivity contribution in [3.8, 4) is 22.9 Å². The smallest absolute Gasteiger partial charge is 0.330 e. The second kappa shape index (κ2) is 9.29. The summed E-state index contributed by atoms with van der Waals surface area (Å²) in [6, 6.07) is 17.4. The molecule has 0 aliphatic heterocycles. The van der Waals surface area contributed by atoms with Crippen LogP contribution in [0.1, 0.15) is 25.3 Å². The quantitative estimate of drug-likeness (QED) is 0.405. The van der Waals surface area contributed by atoms with Gasteiger partial charge in [0.25, 0.3) is 0 Å². The van der Waals surface area contributed by atoms with E-state index < -0.39 is 5.97 Å². The first-order valence-corrected chi connectivity index (χ1v) is 8.19. The van der Waals surface area contributed by atoms with E-state index in [-0.39, 0.29) is 6.10 Å². The lowest BCUT2D eigenvalue weighted by atomic mass is 10.0. The summed E-state index contributed by atoms with van der Waals surface area (Å²) in [5.74, 6) is 0.391. The molecule has 2 aromatic rings. The summed E-state index contributed by atoms with van der Waals surface area (Å²) < 4.78 is 11.0. The molecular weight excluding hydrogens is 314 g/mol. The molecule has 0 N–H and O–H groups in total. The third-order valence-corrected chi connectivity index (χ3v) is 3.71. The Morgan fingerprint density at radius 3 is 2.64 bits per heavy atom. The van der Waals surface area contributed by atoms with Crippen molar-refractivity contribution in [1.29, 1.82) is 5.26 Å². The zero-order chi connectivity index (χ0) is 18.1. The van der Waals surface area contributed by atoms with Gasteiger partial charge in [-0.15, -0.1) is 0 Å². The number of nitrogens with zero attached hydrogens (tertiary/aromatic N) is 1. The highest BCUT2D eigenvalue weighted by Crippen LogP contribution is 2.31. The molecule has 0 aliphatic rings. The summed E-state index contributed by atoms with van der Waals surface area (Å²) in [5, 5.41) is 8.91. The van der Waals surface area contributed by atoms with Gasteiger partial charge in [-0.2, -0.15) is 5.26 Å². The van der Waals surface area contributed by atoms with E-state index >= 15 is 0 Å². The van der Waals surface area contributed by atoms with Crippen molar-refractivity contribution in [2.75, 3.05) is 6.61 Å². The Balaban J connectivity index is 1.99. The maximum atomic E-state index is 11.0. The molecule has 25 heavy (non-hydrogen) atoms. The van der Waals surface area contributed by atoms with E-state index in [0.717, 1.165) is 35.8 Å². The van der Waals surface area contributed by atoms with Crippen LogP contribution in [-0.4, -0.2) is 18.7 Å². The fourth-order valence-electron chi connectivity index (χ4n) is 2.41. The predicted molar refractivity (Wildman–Crippen MR) is 97.1 cm³/mol. The SMILES string of the molecule is C=CC(=O)OCCCC(C)Oc1ccccc1-c1ccc(C#N)cc1. The van der Waals surface area contributed by atoms with Gasteiger partial charge in [-0.25, -0.2) is 4.79 Å². The van der Waals surface area contributed by atoms with Crippen LogP contribution in [0, 0.1) is 11.3 Å². The van der Waals surface area contributed by atoms with Crippen LogP contribution in [0.5, 0.6) is 5.75 Å². The lowest BCUT2D eigenvalue weighted by Crippen LogP contribution is -2.14. The minimum Gasteiger partial charge on any atom is -0.490 e. The topological polar surface area (TPSA) is 59.3 Å². The Kier molecular flexibility index (Phi) is 6.79. The predicted octanol–water partition coefficient (Wildman–Crippen LogP) is 4.50. The largest absolute Gasteiger partial charge is 0.490 e. The maximum Gasteiger partial charge on any atom is 0.330 e. The summed E-state index contributed by atoms with van der Waals surface area (Å²) in [7, 11) is 0. The van der Waals surface area contributed by atoms with E-state index in [1.54, 1.807) is 12.1 Å². The number of para-hydroxylation sites is 1. The van der Waals surface area contributed by atoms with Gasteiger partial charge in [0.1, 0.15) is 5.75 Å². The van der Waals surface area contributed by atoms with Crippen molar-refractivity contribution in [3.05, 3.63) is 66.7 Å². The molecule has 2 rings (SSSR count). The van der Waals surface area contributed by atoms with Gasteiger partial charge < -0.3 is 9.47 Å². The van der Waals surface area contributed by atoms with Crippen LogP contribution in [0.3, 0.4) is 0 Å². The summed E-state index contributed by atoms with van der Waals surface area (Å²) in [5.41, 5.74) is 2.61. The average molecular weight is 335 g/mol. The normalized spacial score (nSPS) is 11.2. The maximum absolute atomic E-state index is 11.0. The molecule has 0 radical (unpaired) electrons. The van der Waals surface area contributed by atoms with Crippen molar-refractivity contribution in [3.63, 3.8) is 0 Å². The van der Waals surface area contributed by atoms with Crippen LogP contribution in [-0.2, 0) is 9.53 Å². The lowest BCUT2D eigenvalue weighted by molar-refractivity contribution is -0.137. The lowest BCUT2D eigenvalue weighted by Gasteiger charge is -2.17. The highest BCUT2D eigenvalue weighted by atomic mass is 16.5. The van der Waals surface area contributed by atoms with Crippen LogP contribution in [0.2, 0.25) is 0 Å². The number of esters is 1. The van der Waals surface area contributed by atoms with Gasteiger partial charge in [-0.05, 0) is 43.5 Å². The van der Waals surface area contributed by atoms with Crippen molar-refractivity contribution in [1.82, 2.24) is 0 Å². The van der Waals surface area contributed by atoms with Crippen LogP contribution in [0.15, 0.2) is 61.2 Å². The van der Waals surface area contributed by atoms with Gasteiger partial charge >= 0.3 is 5.97 Å². The standard InChI is InChI=1S/C21H21NO3/c1-3-21(23)24-14-6-7-16(2)25-20-9-5-4-8-19(20)18-12-10-17(15-22)11-13-18/h3-5,8-13,16H,1,6-7,14H2,2H3. The van der Waals surface area contributed by atoms with Crippen molar-refractivity contribution in [2.24, 2.45) is 0 Å². The molecule has 128 valence electrons. The molecule has 0 aromatic heterocycles. The van der Waals surface area contributed by atoms with E-state index in [0.29, 0.717) is 12.2 Å². The van der Waals surface area contributed by atoms with E-state index in [1.165, 1.54) is 0 Å². The third-order valence-electron chi connectivity index (χ3n) is 3.71. The van der Waals surface area contributed by atoms with E-state index in [9.17, 15) is 4.79 Å². The van der Waals surface area contributed by atoms with Gasteiger partial charge in [0.2, 0.25) is 0 Å². The van der Waals surface area contributed by atoms with Crippen LogP contribution < -0.4 is 4.74 Å². The summed E-state index contributed by atoms with van der Waals surface area (Å²) in [4.78, 5) is 11.0. The number of carbonyl (C=O) groups is 1. The highest BCUT2D eigenvalue weighted by molar-refractivity contribution is 5.81. The van der Waals surface area contributed by atoms with Crippen LogP contribution in [0.25, 0.3) is 11.1 Å². The van der Waals surface area contributed by atoms with E-state index in [2.05, 4.69) is 12.6 Å². The number of ether oxygens (including phenoxy) is 2. The molecule has 1 unspecified atom stereocenters. The van der Waals surface area contributed by atoms with Gasteiger partial charge in [-0.3, -0.25) is 0 Å². The molecular formula is C21H21NO3. The van der Waals surface area contributed by atoms with Gasteiger partial charge in [0.05, 0.1) is 24.3 Å². The minimum atomic E-state index is -0.403. The molecule has 2 aromatic carbocycles. The van der Waals surface area contributed by atoms with Crippen molar-refractivity contribution in [2.45, 2.75) is 25.9 Å². The second-order valence-electron chi connectivity index (χ2n) is 5.63. The number of rotatable bonds is 8. The van der Waals surface area contributed by atoms with Crippen LogP contribution >= 0.6 is 0 Å². The molecule has 1 atom stereocenters. The Hall–Kier alpha value is -3.06. The van der Waals surface area contributed by atoms with E-state index in [4.69, 9.17) is 14.7 Å². The van der Waals surface area contributed by atoms with Crippen molar-refractivity contribution < 1.29 is 14.3 Å². The molecule has 0 aliphatic carbocycles. The first kappa shape index (κ1) is 18.3.